The fourth-order valence-corrected chi connectivity index (χ4v) is 3.72. The second-order valence-corrected chi connectivity index (χ2v) is 7.22. The summed E-state index contributed by atoms with van der Waals surface area (Å²) in [5.41, 5.74) is 6.76. The molecule has 0 aromatic carbocycles. The van der Waals surface area contributed by atoms with E-state index in [1.165, 1.54) is 16.8 Å². The first kappa shape index (κ1) is 18.6. The summed E-state index contributed by atoms with van der Waals surface area (Å²) in [5, 5.41) is 11.7. The van der Waals surface area contributed by atoms with Crippen molar-refractivity contribution in [3.63, 3.8) is 0 Å². The lowest BCUT2D eigenvalue weighted by atomic mass is 10.1. The summed E-state index contributed by atoms with van der Waals surface area (Å²) >= 11 is 0. The van der Waals surface area contributed by atoms with E-state index in [2.05, 4.69) is 41.1 Å². The number of nitrogens with zero attached hydrogens (tertiary/aromatic N) is 5. The largest absolute Gasteiger partial charge is 0.365 e. The smallest absolute Gasteiger partial charge is 0.163 e. The first-order valence-corrected chi connectivity index (χ1v) is 9.95. The molecular formula is C21H27N7. The molecule has 0 atom stereocenters. The molecule has 1 aliphatic rings. The topological polar surface area (TPSA) is 80.6 Å². The second kappa shape index (κ2) is 8.06. The van der Waals surface area contributed by atoms with Crippen LogP contribution in [-0.4, -0.2) is 31.3 Å². The Bertz CT molecular complexity index is 963. The quantitative estimate of drug-likeness (QED) is 0.687. The van der Waals surface area contributed by atoms with Crippen molar-refractivity contribution in [3.05, 3.63) is 52.7 Å². The number of rotatable bonds is 6. The van der Waals surface area contributed by atoms with Crippen molar-refractivity contribution < 1.29 is 0 Å². The molecule has 7 heteroatoms. The summed E-state index contributed by atoms with van der Waals surface area (Å²) in [7, 11) is 0. The number of aromatic nitrogens is 5. The zero-order valence-corrected chi connectivity index (χ0v) is 16.8. The van der Waals surface area contributed by atoms with Crippen molar-refractivity contribution in [2.24, 2.45) is 0 Å². The molecule has 3 aromatic rings. The van der Waals surface area contributed by atoms with Gasteiger partial charge in [0.2, 0.25) is 0 Å². The summed E-state index contributed by atoms with van der Waals surface area (Å²) in [5.74, 6) is 1.64. The van der Waals surface area contributed by atoms with Gasteiger partial charge in [-0.2, -0.15) is 5.10 Å². The fourth-order valence-electron chi connectivity index (χ4n) is 3.72. The average molecular weight is 377 g/mol. The number of fused-ring (bicyclic) bond motifs is 1. The van der Waals surface area contributed by atoms with Gasteiger partial charge in [-0.25, -0.2) is 9.97 Å². The van der Waals surface area contributed by atoms with E-state index in [9.17, 15) is 0 Å². The molecule has 28 heavy (non-hydrogen) atoms. The van der Waals surface area contributed by atoms with Crippen LogP contribution in [-0.2, 0) is 26.1 Å². The third kappa shape index (κ3) is 3.62. The maximum absolute atomic E-state index is 4.86. The molecule has 0 saturated carbocycles. The Morgan fingerprint density at radius 2 is 2.14 bits per heavy atom. The van der Waals surface area contributed by atoms with Crippen LogP contribution >= 0.6 is 0 Å². The molecule has 3 aromatic heterocycles. The van der Waals surface area contributed by atoms with E-state index in [1.54, 1.807) is 6.20 Å². The highest BCUT2D eigenvalue weighted by Crippen LogP contribution is 2.25. The Morgan fingerprint density at radius 3 is 2.93 bits per heavy atom. The van der Waals surface area contributed by atoms with Crippen LogP contribution in [0.3, 0.4) is 0 Å². The van der Waals surface area contributed by atoms with Gasteiger partial charge in [-0.05, 0) is 45.4 Å². The van der Waals surface area contributed by atoms with Gasteiger partial charge in [0.25, 0.3) is 0 Å². The van der Waals surface area contributed by atoms with Crippen LogP contribution in [0.5, 0.6) is 0 Å². The molecule has 0 radical (unpaired) electrons. The Hall–Kier alpha value is -2.80. The van der Waals surface area contributed by atoms with Gasteiger partial charge in [0.05, 0.1) is 11.4 Å². The fraction of sp³-hybridized carbons (Fsp3) is 0.429. The Kier molecular flexibility index (Phi) is 5.34. The van der Waals surface area contributed by atoms with Crippen LogP contribution in [0.15, 0.2) is 24.5 Å². The van der Waals surface area contributed by atoms with Crippen LogP contribution < -0.4 is 10.6 Å². The van der Waals surface area contributed by atoms with Crippen LogP contribution in [0.25, 0.3) is 11.4 Å². The molecule has 146 valence electrons. The molecule has 2 N–H and O–H groups in total. The van der Waals surface area contributed by atoms with Crippen molar-refractivity contribution in [1.29, 1.82) is 0 Å². The molecule has 4 heterocycles. The molecule has 0 unspecified atom stereocenters. The molecule has 0 fully saturated rings. The van der Waals surface area contributed by atoms with E-state index in [-0.39, 0.29) is 0 Å². The third-order valence-electron chi connectivity index (χ3n) is 5.26. The first-order chi connectivity index (χ1) is 13.7. The van der Waals surface area contributed by atoms with Crippen molar-refractivity contribution in [3.8, 4) is 11.4 Å². The van der Waals surface area contributed by atoms with Crippen LogP contribution in [0, 0.1) is 13.8 Å². The Morgan fingerprint density at radius 1 is 1.25 bits per heavy atom. The van der Waals surface area contributed by atoms with Crippen molar-refractivity contribution in [2.45, 2.75) is 53.2 Å². The summed E-state index contributed by atoms with van der Waals surface area (Å²) < 4.78 is 2.10. The van der Waals surface area contributed by atoms with Gasteiger partial charge in [-0.3, -0.25) is 9.67 Å². The van der Waals surface area contributed by atoms with Crippen molar-refractivity contribution in [1.82, 2.24) is 30.0 Å². The zero-order valence-electron chi connectivity index (χ0n) is 16.8. The standard InChI is InChI=1S/C21H27N7/c1-4-10-28-15(3)18(14(2)27-28)12-24-21-17-7-9-23-13-19(17)25-20(26-21)16-6-5-8-22-11-16/h5-6,8,11,23H,4,7,9-10,12-13H2,1-3H3,(H,24,25,26). The number of anilines is 1. The van der Waals surface area contributed by atoms with Gasteiger partial charge in [0.1, 0.15) is 5.82 Å². The first-order valence-electron chi connectivity index (χ1n) is 9.95. The van der Waals surface area contributed by atoms with Crippen LogP contribution in [0.2, 0.25) is 0 Å². The van der Waals surface area contributed by atoms with E-state index in [0.29, 0.717) is 12.4 Å². The lowest BCUT2D eigenvalue weighted by Crippen LogP contribution is -2.26. The highest BCUT2D eigenvalue weighted by Gasteiger charge is 2.19. The zero-order chi connectivity index (χ0) is 19.5. The summed E-state index contributed by atoms with van der Waals surface area (Å²) in [6.07, 6.45) is 5.58. The van der Waals surface area contributed by atoms with Crippen LogP contribution in [0.4, 0.5) is 5.82 Å². The van der Waals surface area contributed by atoms with Crippen molar-refractivity contribution in [2.75, 3.05) is 11.9 Å². The highest BCUT2D eigenvalue weighted by atomic mass is 15.3. The van der Waals surface area contributed by atoms with Gasteiger partial charge < -0.3 is 10.6 Å². The van der Waals surface area contributed by atoms with E-state index in [4.69, 9.17) is 15.1 Å². The highest BCUT2D eigenvalue weighted by molar-refractivity contribution is 5.59. The van der Waals surface area contributed by atoms with Gasteiger partial charge in [0, 0.05) is 54.4 Å². The van der Waals surface area contributed by atoms with E-state index < -0.39 is 0 Å². The normalized spacial score (nSPS) is 13.4. The maximum Gasteiger partial charge on any atom is 0.163 e. The number of hydrogen-bond donors (Lipinski definition) is 2. The second-order valence-electron chi connectivity index (χ2n) is 7.22. The van der Waals surface area contributed by atoms with E-state index in [0.717, 1.165) is 55.2 Å². The van der Waals surface area contributed by atoms with Gasteiger partial charge in [-0.1, -0.05) is 6.92 Å². The summed E-state index contributed by atoms with van der Waals surface area (Å²) in [6.45, 7) is 9.78. The number of hydrogen-bond acceptors (Lipinski definition) is 6. The Labute approximate surface area is 165 Å². The Balaban J connectivity index is 1.66. The minimum absolute atomic E-state index is 0.713. The van der Waals surface area contributed by atoms with Crippen molar-refractivity contribution >= 4 is 5.82 Å². The SMILES string of the molecule is CCCn1nc(C)c(CNc2nc(-c3cccnc3)nc3c2CCNC3)c1C. The number of aryl methyl sites for hydroxylation is 2. The van der Waals surface area contributed by atoms with Gasteiger partial charge in [-0.15, -0.1) is 0 Å². The minimum Gasteiger partial charge on any atom is -0.365 e. The molecule has 0 aliphatic carbocycles. The van der Waals surface area contributed by atoms with Crippen LogP contribution in [0.1, 0.15) is 41.6 Å². The van der Waals surface area contributed by atoms with Gasteiger partial charge in [0.15, 0.2) is 5.82 Å². The molecule has 1 aliphatic heterocycles. The lowest BCUT2D eigenvalue weighted by Gasteiger charge is -2.21. The monoisotopic (exact) mass is 377 g/mol. The molecule has 4 rings (SSSR count). The van der Waals surface area contributed by atoms with E-state index >= 15 is 0 Å². The molecule has 0 spiro atoms. The average Bonchev–Trinajstić information content (AvgIpc) is 2.99. The maximum atomic E-state index is 4.86. The molecule has 0 saturated heterocycles. The third-order valence-corrected chi connectivity index (χ3v) is 5.26. The number of nitrogens with one attached hydrogen (secondary N) is 2. The van der Waals surface area contributed by atoms with Gasteiger partial charge >= 0.3 is 0 Å². The summed E-state index contributed by atoms with van der Waals surface area (Å²) in [6, 6.07) is 3.91. The summed E-state index contributed by atoms with van der Waals surface area (Å²) in [4.78, 5) is 13.9. The number of pyridine rings is 1. The molecule has 7 nitrogen and oxygen atoms in total. The molecule has 0 amide bonds. The van der Waals surface area contributed by atoms with E-state index in [1.807, 2.05) is 18.3 Å². The molecule has 0 bridgehead atoms. The predicted molar refractivity (Wildman–Crippen MR) is 110 cm³/mol. The predicted octanol–water partition coefficient (Wildman–Crippen LogP) is 3.02. The lowest BCUT2D eigenvalue weighted by molar-refractivity contribution is 0.582. The molecular weight excluding hydrogens is 350 g/mol. The minimum atomic E-state index is 0.713.